The van der Waals surface area contributed by atoms with E-state index < -0.39 is 5.97 Å². The van der Waals surface area contributed by atoms with E-state index in [9.17, 15) is 9.59 Å². The number of hydrogen-bond acceptors (Lipinski definition) is 3. The maximum atomic E-state index is 12.1. The highest BCUT2D eigenvalue weighted by atomic mass is 127. The average molecular weight is 435 g/mol. The van der Waals surface area contributed by atoms with Gasteiger partial charge in [0.15, 0.2) is 6.61 Å². The number of halogens is 1. The molecule has 0 heterocycles. The Kier molecular flexibility index (Phi) is 5.50. The number of hydrogen-bond donors (Lipinski definition) is 1. The van der Waals surface area contributed by atoms with E-state index in [1.54, 1.807) is 12.1 Å². The molecule has 1 amide bonds. The number of amides is 1. The Morgan fingerprint density at radius 3 is 2.67 bits per heavy atom. The molecule has 0 bridgehead atoms. The van der Waals surface area contributed by atoms with Crippen LogP contribution in [-0.2, 0) is 16.0 Å². The Bertz CT molecular complexity index is 743. The van der Waals surface area contributed by atoms with Crippen molar-refractivity contribution in [3.8, 4) is 0 Å². The van der Waals surface area contributed by atoms with Gasteiger partial charge in [0.2, 0.25) is 0 Å². The van der Waals surface area contributed by atoms with Gasteiger partial charge in [-0.15, -0.1) is 0 Å². The predicted octanol–water partition coefficient (Wildman–Crippen LogP) is 3.64. The average Bonchev–Trinajstić information content (AvgIpc) is 2.61. The van der Waals surface area contributed by atoms with Crippen molar-refractivity contribution in [3.63, 3.8) is 0 Å². The Hall–Kier alpha value is -1.89. The van der Waals surface area contributed by atoms with E-state index in [0.29, 0.717) is 5.56 Å². The minimum atomic E-state index is -0.481. The molecular formula is C19H18INO3. The van der Waals surface area contributed by atoms with E-state index in [1.807, 2.05) is 24.3 Å². The standard InChI is InChI=1S/C19H18INO3/c20-15-10-8-14(9-11-15)19(23)24-12-18(22)21-17-7-3-5-13-4-1-2-6-16(13)17/h1-2,4,6,8-11,17H,3,5,7,12H2,(H,21,22). The Balaban J connectivity index is 1.55. The second kappa shape index (κ2) is 7.79. The predicted molar refractivity (Wildman–Crippen MR) is 99.7 cm³/mol. The molecule has 1 atom stereocenters. The molecule has 4 nitrogen and oxygen atoms in total. The largest absolute Gasteiger partial charge is 0.452 e. The van der Waals surface area contributed by atoms with Crippen molar-refractivity contribution in [2.45, 2.75) is 25.3 Å². The molecule has 24 heavy (non-hydrogen) atoms. The number of esters is 1. The summed E-state index contributed by atoms with van der Waals surface area (Å²) in [4.78, 5) is 24.1. The summed E-state index contributed by atoms with van der Waals surface area (Å²) in [5.41, 5.74) is 2.90. The summed E-state index contributed by atoms with van der Waals surface area (Å²) >= 11 is 2.17. The van der Waals surface area contributed by atoms with E-state index >= 15 is 0 Å². The molecule has 0 radical (unpaired) electrons. The van der Waals surface area contributed by atoms with E-state index in [4.69, 9.17) is 4.74 Å². The molecule has 0 saturated carbocycles. The van der Waals surface area contributed by atoms with Gasteiger partial charge in [0.1, 0.15) is 0 Å². The fourth-order valence-electron chi connectivity index (χ4n) is 2.94. The van der Waals surface area contributed by atoms with Gasteiger partial charge in [-0.05, 0) is 77.2 Å². The first-order chi connectivity index (χ1) is 11.6. The lowest BCUT2D eigenvalue weighted by molar-refractivity contribution is -0.125. The van der Waals surface area contributed by atoms with Crippen molar-refractivity contribution in [3.05, 3.63) is 68.8 Å². The van der Waals surface area contributed by atoms with E-state index in [-0.39, 0.29) is 18.6 Å². The highest BCUT2D eigenvalue weighted by Gasteiger charge is 2.21. The van der Waals surface area contributed by atoms with Gasteiger partial charge in [0.05, 0.1) is 11.6 Å². The van der Waals surface area contributed by atoms with Gasteiger partial charge in [0.25, 0.3) is 5.91 Å². The van der Waals surface area contributed by atoms with Crippen LogP contribution in [0.1, 0.15) is 40.4 Å². The number of aryl methyl sites for hydroxylation is 1. The van der Waals surface area contributed by atoms with Gasteiger partial charge in [0, 0.05) is 3.57 Å². The first-order valence-electron chi connectivity index (χ1n) is 7.93. The van der Waals surface area contributed by atoms with Crippen LogP contribution in [0.3, 0.4) is 0 Å². The van der Waals surface area contributed by atoms with Crippen molar-refractivity contribution in [2.75, 3.05) is 6.61 Å². The van der Waals surface area contributed by atoms with Gasteiger partial charge >= 0.3 is 5.97 Å². The van der Waals surface area contributed by atoms with Crippen molar-refractivity contribution >= 4 is 34.5 Å². The number of ether oxygens (including phenoxy) is 1. The summed E-state index contributed by atoms with van der Waals surface area (Å²) in [6, 6.07) is 15.2. The quantitative estimate of drug-likeness (QED) is 0.590. The molecule has 1 unspecified atom stereocenters. The maximum Gasteiger partial charge on any atom is 0.338 e. The number of nitrogens with one attached hydrogen (secondary N) is 1. The lowest BCUT2D eigenvalue weighted by Gasteiger charge is -2.26. The lowest BCUT2D eigenvalue weighted by Crippen LogP contribution is -2.34. The van der Waals surface area contributed by atoms with Crippen molar-refractivity contribution in [1.82, 2.24) is 5.32 Å². The third kappa shape index (κ3) is 4.14. The maximum absolute atomic E-state index is 12.1. The zero-order chi connectivity index (χ0) is 16.9. The van der Waals surface area contributed by atoms with Gasteiger partial charge in [-0.2, -0.15) is 0 Å². The first-order valence-corrected chi connectivity index (χ1v) is 9.01. The molecule has 0 aromatic heterocycles. The molecule has 0 spiro atoms. The second-order valence-corrected chi connectivity index (χ2v) is 7.04. The molecule has 0 fully saturated rings. The topological polar surface area (TPSA) is 55.4 Å². The van der Waals surface area contributed by atoms with Crippen LogP contribution in [0.15, 0.2) is 48.5 Å². The molecule has 0 aliphatic heterocycles. The zero-order valence-corrected chi connectivity index (χ0v) is 15.3. The molecule has 5 heteroatoms. The summed E-state index contributed by atoms with van der Waals surface area (Å²) < 4.78 is 6.15. The fourth-order valence-corrected chi connectivity index (χ4v) is 3.30. The van der Waals surface area contributed by atoms with Crippen LogP contribution >= 0.6 is 22.6 Å². The number of fused-ring (bicyclic) bond motifs is 1. The van der Waals surface area contributed by atoms with Gasteiger partial charge in [-0.1, -0.05) is 24.3 Å². The molecular weight excluding hydrogens is 417 g/mol. The SMILES string of the molecule is O=C(COC(=O)c1ccc(I)cc1)NC1CCCc2ccccc21. The number of carbonyl (C=O) groups excluding carboxylic acids is 2. The van der Waals surface area contributed by atoms with Crippen LogP contribution in [0, 0.1) is 3.57 Å². The van der Waals surface area contributed by atoms with Crippen molar-refractivity contribution < 1.29 is 14.3 Å². The Labute approximate surface area is 154 Å². The minimum absolute atomic E-state index is 0.000504. The molecule has 2 aromatic carbocycles. The molecule has 124 valence electrons. The monoisotopic (exact) mass is 435 g/mol. The van der Waals surface area contributed by atoms with Crippen molar-refractivity contribution in [2.24, 2.45) is 0 Å². The molecule has 1 aliphatic rings. The smallest absolute Gasteiger partial charge is 0.338 e. The summed E-state index contributed by atoms with van der Waals surface area (Å²) in [5, 5.41) is 2.97. The first kappa shape index (κ1) is 17.0. The van der Waals surface area contributed by atoms with Crippen LogP contribution in [0.2, 0.25) is 0 Å². The molecule has 3 rings (SSSR count). The fraction of sp³-hybridized carbons (Fsp3) is 0.263. The molecule has 0 saturated heterocycles. The summed E-state index contributed by atoms with van der Waals surface area (Å²) in [6.07, 6.45) is 3.00. The normalized spacial score (nSPS) is 16.1. The molecule has 2 aromatic rings. The highest BCUT2D eigenvalue weighted by molar-refractivity contribution is 14.1. The third-order valence-electron chi connectivity index (χ3n) is 4.12. The summed E-state index contributed by atoms with van der Waals surface area (Å²) in [6.45, 7) is -0.260. The van der Waals surface area contributed by atoms with Gasteiger partial charge in [-0.25, -0.2) is 4.79 Å². The second-order valence-electron chi connectivity index (χ2n) is 5.79. The van der Waals surface area contributed by atoms with Crippen LogP contribution in [-0.4, -0.2) is 18.5 Å². The van der Waals surface area contributed by atoms with Crippen LogP contribution in [0.25, 0.3) is 0 Å². The number of carbonyl (C=O) groups is 2. The van der Waals surface area contributed by atoms with Gasteiger partial charge < -0.3 is 10.1 Å². The third-order valence-corrected chi connectivity index (χ3v) is 4.84. The van der Waals surface area contributed by atoms with Crippen LogP contribution < -0.4 is 5.32 Å². The Morgan fingerprint density at radius 2 is 1.88 bits per heavy atom. The highest BCUT2D eigenvalue weighted by Crippen LogP contribution is 2.29. The van der Waals surface area contributed by atoms with Crippen LogP contribution in [0.4, 0.5) is 0 Å². The van der Waals surface area contributed by atoms with E-state index in [0.717, 1.165) is 22.8 Å². The number of benzene rings is 2. The zero-order valence-electron chi connectivity index (χ0n) is 13.1. The van der Waals surface area contributed by atoms with Crippen molar-refractivity contribution in [1.29, 1.82) is 0 Å². The van der Waals surface area contributed by atoms with Crippen LogP contribution in [0.5, 0.6) is 0 Å². The summed E-state index contributed by atoms with van der Waals surface area (Å²) in [7, 11) is 0. The minimum Gasteiger partial charge on any atom is -0.452 e. The molecule has 1 N–H and O–H groups in total. The van der Waals surface area contributed by atoms with E-state index in [1.165, 1.54) is 11.1 Å². The summed E-state index contributed by atoms with van der Waals surface area (Å²) in [5.74, 6) is -0.749. The van der Waals surface area contributed by atoms with E-state index in [2.05, 4.69) is 40.0 Å². The number of rotatable bonds is 4. The molecule has 1 aliphatic carbocycles. The Morgan fingerprint density at radius 1 is 1.12 bits per heavy atom. The lowest BCUT2D eigenvalue weighted by atomic mass is 9.88. The van der Waals surface area contributed by atoms with Gasteiger partial charge in [-0.3, -0.25) is 4.79 Å².